The van der Waals surface area contributed by atoms with Crippen LogP contribution in [0.15, 0.2) is 48.5 Å². The largest absolute Gasteiger partial charge is 0.364 e. The second kappa shape index (κ2) is 7.53. The first-order chi connectivity index (χ1) is 12.7. The maximum Gasteiger partial charge on any atom is 0.253 e. The highest BCUT2D eigenvalue weighted by Gasteiger charge is 2.29. The van der Waals surface area contributed by atoms with E-state index in [1.807, 2.05) is 42.5 Å². The zero-order chi connectivity index (χ0) is 17.9. The van der Waals surface area contributed by atoms with Crippen LogP contribution in [-0.2, 0) is 16.0 Å². The van der Waals surface area contributed by atoms with E-state index in [0.717, 1.165) is 35.5 Å². The van der Waals surface area contributed by atoms with Crippen LogP contribution in [-0.4, -0.2) is 29.6 Å². The lowest BCUT2D eigenvalue weighted by atomic mass is 10.1. The van der Waals surface area contributed by atoms with Gasteiger partial charge in [-0.3, -0.25) is 4.79 Å². The van der Waals surface area contributed by atoms with Crippen molar-refractivity contribution in [3.8, 4) is 0 Å². The molecule has 1 saturated heterocycles. The average molecular weight is 367 g/mol. The van der Waals surface area contributed by atoms with Gasteiger partial charge in [0, 0.05) is 18.7 Å². The Bertz CT molecular complexity index is 874. The molecule has 1 aliphatic rings. The van der Waals surface area contributed by atoms with Crippen molar-refractivity contribution in [3.63, 3.8) is 0 Å². The Morgan fingerprint density at radius 3 is 2.73 bits per heavy atom. The van der Waals surface area contributed by atoms with Gasteiger partial charge in [0.2, 0.25) is 0 Å². The number of nitrogens with one attached hydrogen (secondary N) is 1. The lowest BCUT2D eigenvalue weighted by molar-refractivity contribution is -0.126. The van der Waals surface area contributed by atoms with E-state index in [9.17, 15) is 4.79 Å². The van der Waals surface area contributed by atoms with Crippen molar-refractivity contribution >= 4 is 33.1 Å². The van der Waals surface area contributed by atoms with E-state index in [1.54, 1.807) is 11.3 Å². The Kier molecular flexibility index (Phi) is 4.97. The Labute approximate surface area is 156 Å². The van der Waals surface area contributed by atoms with Crippen LogP contribution < -0.4 is 11.1 Å². The smallest absolute Gasteiger partial charge is 0.253 e. The van der Waals surface area contributed by atoms with Gasteiger partial charge >= 0.3 is 0 Å². The third kappa shape index (κ3) is 3.77. The lowest BCUT2D eigenvalue weighted by Crippen LogP contribution is -2.29. The second-order valence-corrected chi connectivity index (χ2v) is 7.61. The molecule has 3 N–H and O–H groups in total. The highest BCUT2D eigenvalue weighted by molar-refractivity contribution is 7.18. The molecule has 0 spiro atoms. The summed E-state index contributed by atoms with van der Waals surface area (Å²) in [5, 5.41) is 4.02. The summed E-state index contributed by atoms with van der Waals surface area (Å²) >= 11 is 1.72. The van der Waals surface area contributed by atoms with Gasteiger partial charge in [-0.25, -0.2) is 4.98 Å². The SMILES string of the molecule is NC[C@H]1CC[C@@H](C(=O)Nc2ccc(Cc3nc4ccccc4s3)cc2)O1. The molecule has 1 fully saturated rings. The van der Waals surface area contributed by atoms with E-state index in [0.29, 0.717) is 6.54 Å². The van der Waals surface area contributed by atoms with Crippen LogP contribution >= 0.6 is 11.3 Å². The van der Waals surface area contributed by atoms with Crippen molar-refractivity contribution in [2.75, 3.05) is 11.9 Å². The minimum Gasteiger partial charge on any atom is -0.364 e. The minimum atomic E-state index is -0.397. The number of thiazole rings is 1. The van der Waals surface area contributed by atoms with Gasteiger partial charge in [0.15, 0.2) is 0 Å². The first kappa shape index (κ1) is 17.1. The standard InChI is InChI=1S/C20H21N3O2S/c21-12-15-9-10-17(25-15)20(24)22-14-7-5-13(6-8-14)11-19-23-16-3-1-2-4-18(16)26-19/h1-8,15,17H,9-12,21H2,(H,22,24)/t15-,17+/m1/s1. The summed E-state index contributed by atoms with van der Waals surface area (Å²) in [6.07, 6.45) is 1.96. The van der Waals surface area contributed by atoms with Crippen molar-refractivity contribution in [2.45, 2.75) is 31.5 Å². The van der Waals surface area contributed by atoms with E-state index in [4.69, 9.17) is 10.5 Å². The number of aromatic nitrogens is 1. The quantitative estimate of drug-likeness (QED) is 0.725. The van der Waals surface area contributed by atoms with Gasteiger partial charge in [-0.1, -0.05) is 24.3 Å². The zero-order valence-electron chi connectivity index (χ0n) is 14.4. The summed E-state index contributed by atoms with van der Waals surface area (Å²) in [5.74, 6) is -0.0973. The van der Waals surface area contributed by atoms with Gasteiger partial charge in [-0.05, 0) is 42.7 Å². The maximum absolute atomic E-state index is 12.3. The van der Waals surface area contributed by atoms with Crippen LogP contribution in [0.3, 0.4) is 0 Å². The van der Waals surface area contributed by atoms with Crippen LogP contribution in [0.2, 0.25) is 0 Å². The van der Waals surface area contributed by atoms with Crippen LogP contribution in [0, 0.1) is 0 Å². The number of hydrogen-bond acceptors (Lipinski definition) is 5. The maximum atomic E-state index is 12.3. The Morgan fingerprint density at radius 1 is 1.19 bits per heavy atom. The number of fused-ring (bicyclic) bond motifs is 1. The summed E-state index contributed by atoms with van der Waals surface area (Å²) in [6, 6.07) is 16.1. The highest BCUT2D eigenvalue weighted by Crippen LogP contribution is 2.24. The number of nitrogens with two attached hydrogens (primary N) is 1. The van der Waals surface area contributed by atoms with Crippen molar-refractivity contribution in [1.29, 1.82) is 0 Å². The van der Waals surface area contributed by atoms with Crippen LogP contribution in [0.25, 0.3) is 10.2 Å². The van der Waals surface area contributed by atoms with Crippen molar-refractivity contribution in [3.05, 3.63) is 59.1 Å². The average Bonchev–Trinajstić information content (AvgIpc) is 3.29. The molecule has 5 nitrogen and oxygen atoms in total. The molecule has 4 rings (SSSR count). The topological polar surface area (TPSA) is 77.2 Å². The Balaban J connectivity index is 1.38. The van der Waals surface area contributed by atoms with Gasteiger partial charge in [0.1, 0.15) is 6.10 Å². The van der Waals surface area contributed by atoms with E-state index in [-0.39, 0.29) is 12.0 Å². The van der Waals surface area contributed by atoms with E-state index >= 15 is 0 Å². The number of rotatable bonds is 5. The molecule has 0 aliphatic carbocycles. The molecule has 6 heteroatoms. The monoisotopic (exact) mass is 367 g/mol. The number of amides is 1. The predicted octanol–water partition coefficient (Wildman–Crippen LogP) is 3.33. The molecule has 0 saturated carbocycles. The number of anilines is 1. The van der Waals surface area contributed by atoms with Crippen molar-refractivity contribution < 1.29 is 9.53 Å². The molecule has 0 unspecified atom stereocenters. The molecule has 0 radical (unpaired) electrons. The lowest BCUT2D eigenvalue weighted by Gasteiger charge is -2.13. The summed E-state index contributed by atoms with van der Waals surface area (Å²) in [5.41, 5.74) is 8.59. The number of hydrogen-bond donors (Lipinski definition) is 2. The number of ether oxygens (including phenoxy) is 1. The van der Waals surface area contributed by atoms with E-state index in [1.165, 1.54) is 10.3 Å². The molecule has 2 aromatic carbocycles. The van der Waals surface area contributed by atoms with Crippen LogP contribution in [0.1, 0.15) is 23.4 Å². The van der Waals surface area contributed by atoms with Gasteiger partial charge in [-0.2, -0.15) is 0 Å². The molecule has 2 atom stereocenters. The fourth-order valence-corrected chi connectivity index (χ4v) is 4.17. The van der Waals surface area contributed by atoms with Gasteiger partial charge < -0.3 is 15.8 Å². The predicted molar refractivity (Wildman–Crippen MR) is 104 cm³/mol. The third-order valence-electron chi connectivity index (χ3n) is 4.58. The molecule has 1 aromatic heterocycles. The summed E-state index contributed by atoms with van der Waals surface area (Å²) < 4.78 is 6.84. The highest BCUT2D eigenvalue weighted by atomic mass is 32.1. The van der Waals surface area contributed by atoms with Crippen molar-refractivity contribution in [1.82, 2.24) is 4.98 Å². The van der Waals surface area contributed by atoms with Gasteiger partial charge in [0.25, 0.3) is 5.91 Å². The fourth-order valence-electron chi connectivity index (χ4n) is 3.17. The molecule has 1 aliphatic heterocycles. The number of nitrogens with zero attached hydrogens (tertiary/aromatic N) is 1. The summed E-state index contributed by atoms with van der Waals surface area (Å²) in [7, 11) is 0. The molecule has 2 heterocycles. The Hall–Kier alpha value is -2.28. The van der Waals surface area contributed by atoms with Gasteiger partial charge in [0.05, 0.1) is 21.3 Å². The molecular weight excluding hydrogens is 346 g/mol. The van der Waals surface area contributed by atoms with E-state index in [2.05, 4.69) is 16.4 Å². The van der Waals surface area contributed by atoms with Crippen molar-refractivity contribution in [2.24, 2.45) is 5.73 Å². The molecule has 134 valence electrons. The van der Waals surface area contributed by atoms with E-state index < -0.39 is 6.10 Å². The fraction of sp³-hybridized carbons (Fsp3) is 0.300. The summed E-state index contributed by atoms with van der Waals surface area (Å²) in [4.78, 5) is 16.9. The number of carbonyl (C=O) groups excluding carboxylic acids is 1. The van der Waals surface area contributed by atoms with Crippen LogP contribution in [0.4, 0.5) is 5.69 Å². The molecule has 1 amide bonds. The van der Waals surface area contributed by atoms with Crippen LogP contribution in [0.5, 0.6) is 0 Å². The molecular formula is C20H21N3O2S. The second-order valence-electron chi connectivity index (χ2n) is 6.50. The minimum absolute atomic E-state index is 0.00179. The number of benzene rings is 2. The molecule has 3 aromatic rings. The Morgan fingerprint density at radius 2 is 2.00 bits per heavy atom. The number of para-hydroxylation sites is 1. The third-order valence-corrected chi connectivity index (χ3v) is 5.61. The zero-order valence-corrected chi connectivity index (χ0v) is 15.2. The summed E-state index contributed by atoms with van der Waals surface area (Å²) in [6.45, 7) is 0.463. The molecule has 26 heavy (non-hydrogen) atoms. The van der Waals surface area contributed by atoms with Gasteiger partial charge in [-0.15, -0.1) is 11.3 Å². The molecule has 0 bridgehead atoms. The first-order valence-corrected chi connectivity index (χ1v) is 9.62. The first-order valence-electron chi connectivity index (χ1n) is 8.81. The number of carbonyl (C=O) groups is 1. The normalized spacial score (nSPS) is 19.7.